The lowest BCUT2D eigenvalue weighted by Crippen LogP contribution is -2.33. The van der Waals surface area contributed by atoms with Crippen molar-refractivity contribution in [3.05, 3.63) is 28.6 Å². The van der Waals surface area contributed by atoms with Gasteiger partial charge < -0.3 is 14.6 Å². The molecule has 2 aromatic rings. The highest BCUT2D eigenvalue weighted by Gasteiger charge is 2.34. The van der Waals surface area contributed by atoms with Crippen LogP contribution >= 0.6 is 11.3 Å². The molecule has 1 saturated carbocycles. The van der Waals surface area contributed by atoms with Crippen LogP contribution in [-0.2, 0) is 9.53 Å². The fourth-order valence-corrected chi connectivity index (χ4v) is 5.73. The number of hydrogen-bond donors (Lipinski definition) is 1. The summed E-state index contributed by atoms with van der Waals surface area (Å²) in [5.74, 6) is 0.775. The van der Waals surface area contributed by atoms with E-state index in [1.54, 1.807) is 18.3 Å². The number of amides is 1. The van der Waals surface area contributed by atoms with Crippen LogP contribution < -0.4 is 5.32 Å². The molecule has 0 aromatic carbocycles. The summed E-state index contributed by atoms with van der Waals surface area (Å²) in [7, 11) is 0. The number of ether oxygens (including phenoxy) is 1. The maximum Gasteiger partial charge on any atom is 0.230 e. The number of nitrogens with zero attached hydrogens (tertiary/aromatic N) is 2. The van der Waals surface area contributed by atoms with Gasteiger partial charge in [0.1, 0.15) is 6.26 Å². The van der Waals surface area contributed by atoms with Crippen LogP contribution in [0.5, 0.6) is 0 Å². The second-order valence-electron chi connectivity index (χ2n) is 9.01. The summed E-state index contributed by atoms with van der Waals surface area (Å²) < 4.78 is 10.4. The fourth-order valence-electron chi connectivity index (χ4n) is 4.74. The Balaban J connectivity index is 1.46. The molecule has 1 amide bonds. The predicted molar refractivity (Wildman–Crippen MR) is 118 cm³/mol. The van der Waals surface area contributed by atoms with Gasteiger partial charge in [-0.1, -0.05) is 24.9 Å². The number of rotatable bonds is 7. The van der Waals surface area contributed by atoms with Crippen molar-refractivity contribution in [1.29, 1.82) is 0 Å². The van der Waals surface area contributed by atoms with Gasteiger partial charge in [-0.05, 0) is 50.4 Å². The molecule has 2 fully saturated rings. The summed E-state index contributed by atoms with van der Waals surface area (Å²) in [4.78, 5) is 31.9. The van der Waals surface area contributed by atoms with Crippen molar-refractivity contribution in [2.45, 2.75) is 64.7 Å². The van der Waals surface area contributed by atoms with Crippen molar-refractivity contribution in [3.8, 4) is 0 Å². The maximum absolute atomic E-state index is 13.3. The molecular weight excluding hydrogens is 414 g/mol. The van der Waals surface area contributed by atoms with Crippen LogP contribution in [0.3, 0.4) is 0 Å². The van der Waals surface area contributed by atoms with Gasteiger partial charge in [-0.25, -0.2) is 4.98 Å². The Labute approximate surface area is 186 Å². The lowest BCUT2D eigenvalue weighted by Gasteiger charge is -2.31. The molecule has 1 aliphatic heterocycles. The Kier molecular flexibility index (Phi) is 7.17. The van der Waals surface area contributed by atoms with Crippen molar-refractivity contribution in [3.63, 3.8) is 0 Å². The molecule has 0 spiro atoms. The van der Waals surface area contributed by atoms with Crippen molar-refractivity contribution in [2.75, 3.05) is 18.5 Å². The number of aryl methyl sites for hydroxylation is 1. The molecular formula is C23H31N3O4S. The Morgan fingerprint density at radius 2 is 1.94 bits per heavy atom. The second kappa shape index (κ2) is 10.0. The van der Waals surface area contributed by atoms with E-state index in [4.69, 9.17) is 9.26 Å². The minimum Gasteiger partial charge on any atom is -0.381 e. The number of carbonyl (C=O) groups is 2. The van der Waals surface area contributed by atoms with Crippen molar-refractivity contribution in [1.82, 2.24) is 10.1 Å². The molecule has 168 valence electrons. The fraction of sp³-hybridized carbons (Fsp3) is 0.652. The Morgan fingerprint density at radius 3 is 2.61 bits per heavy atom. The molecule has 1 atom stereocenters. The largest absolute Gasteiger partial charge is 0.381 e. The average molecular weight is 446 g/mol. The summed E-state index contributed by atoms with van der Waals surface area (Å²) in [6.07, 6.45) is 9.55. The molecule has 1 aliphatic carbocycles. The summed E-state index contributed by atoms with van der Waals surface area (Å²) in [5, 5.41) is 7.45. The SMILES string of the molecule is Cc1nocc1C(=O)C[C@H](C(=O)Nc1ncc(C2CCOCC2)s1)C1CCC(C)CC1. The monoisotopic (exact) mass is 445 g/mol. The van der Waals surface area contributed by atoms with Gasteiger partial charge in [-0.2, -0.15) is 0 Å². The number of aromatic nitrogens is 2. The van der Waals surface area contributed by atoms with Gasteiger partial charge in [0.15, 0.2) is 10.9 Å². The quantitative estimate of drug-likeness (QED) is 0.604. The van der Waals surface area contributed by atoms with Gasteiger partial charge in [-0.15, -0.1) is 11.3 Å². The number of nitrogens with one attached hydrogen (secondary N) is 1. The summed E-state index contributed by atoms with van der Waals surface area (Å²) >= 11 is 1.54. The zero-order valence-electron chi connectivity index (χ0n) is 18.3. The molecule has 8 heteroatoms. The lowest BCUT2D eigenvalue weighted by molar-refractivity contribution is -0.122. The first-order chi connectivity index (χ1) is 15.0. The second-order valence-corrected chi connectivity index (χ2v) is 10.1. The first-order valence-corrected chi connectivity index (χ1v) is 12.1. The molecule has 4 rings (SSSR count). The van der Waals surface area contributed by atoms with E-state index in [1.807, 2.05) is 6.20 Å². The van der Waals surface area contributed by atoms with E-state index in [-0.39, 0.29) is 29.9 Å². The zero-order chi connectivity index (χ0) is 21.8. The third kappa shape index (κ3) is 5.41. The molecule has 2 aromatic heterocycles. The highest BCUT2D eigenvalue weighted by Crippen LogP contribution is 2.37. The minimum absolute atomic E-state index is 0.0837. The van der Waals surface area contributed by atoms with Gasteiger partial charge in [0.05, 0.1) is 11.3 Å². The van der Waals surface area contributed by atoms with Crippen LogP contribution in [0.2, 0.25) is 0 Å². The van der Waals surface area contributed by atoms with Gasteiger partial charge in [-0.3, -0.25) is 9.59 Å². The maximum atomic E-state index is 13.3. The normalized spacial score (nSPS) is 23.4. The third-order valence-corrected chi connectivity index (χ3v) is 7.87. The number of hydrogen-bond acceptors (Lipinski definition) is 7. The van der Waals surface area contributed by atoms with E-state index >= 15 is 0 Å². The topological polar surface area (TPSA) is 94.3 Å². The van der Waals surface area contributed by atoms with Crippen molar-refractivity contribution >= 4 is 28.2 Å². The van der Waals surface area contributed by atoms with E-state index in [0.29, 0.717) is 28.2 Å². The Hall–Kier alpha value is -2.06. The van der Waals surface area contributed by atoms with E-state index in [1.165, 1.54) is 11.1 Å². The summed E-state index contributed by atoms with van der Waals surface area (Å²) in [6.45, 7) is 5.56. The number of ketones is 1. The molecule has 7 nitrogen and oxygen atoms in total. The lowest BCUT2D eigenvalue weighted by atomic mass is 9.74. The highest BCUT2D eigenvalue weighted by molar-refractivity contribution is 7.15. The zero-order valence-corrected chi connectivity index (χ0v) is 19.1. The highest BCUT2D eigenvalue weighted by atomic mass is 32.1. The van der Waals surface area contributed by atoms with Gasteiger partial charge in [0.25, 0.3) is 0 Å². The van der Waals surface area contributed by atoms with Crippen LogP contribution in [0, 0.1) is 24.7 Å². The Bertz CT molecular complexity index is 894. The summed E-state index contributed by atoms with van der Waals surface area (Å²) in [5.41, 5.74) is 1.04. The summed E-state index contributed by atoms with van der Waals surface area (Å²) in [6, 6.07) is 0. The smallest absolute Gasteiger partial charge is 0.230 e. The van der Waals surface area contributed by atoms with Crippen molar-refractivity contribution in [2.24, 2.45) is 17.8 Å². The van der Waals surface area contributed by atoms with E-state index in [0.717, 1.165) is 51.7 Å². The van der Waals surface area contributed by atoms with Crippen molar-refractivity contribution < 1.29 is 18.8 Å². The van der Waals surface area contributed by atoms with Gasteiger partial charge >= 0.3 is 0 Å². The minimum atomic E-state index is -0.371. The van der Waals surface area contributed by atoms with E-state index in [9.17, 15) is 9.59 Å². The molecule has 1 N–H and O–H groups in total. The van der Waals surface area contributed by atoms with Crippen LogP contribution in [0.1, 0.15) is 78.7 Å². The van der Waals surface area contributed by atoms with Crippen LogP contribution in [-0.4, -0.2) is 35.0 Å². The van der Waals surface area contributed by atoms with Crippen LogP contribution in [0.15, 0.2) is 17.0 Å². The predicted octanol–water partition coefficient (Wildman–Crippen LogP) is 4.99. The molecule has 1 saturated heterocycles. The third-order valence-electron chi connectivity index (χ3n) is 6.80. The standard InChI is InChI=1S/C23H31N3O4S/c1-14-3-5-16(6-4-14)18(11-20(27)19-13-30-26-15(19)2)22(28)25-23-24-12-21(31-23)17-7-9-29-10-8-17/h12-14,16-18H,3-11H2,1-2H3,(H,24,25,28)/t14?,16?,18-/m0/s1. The number of carbonyl (C=O) groups excluding carboxylic acids is 2. The van der Waals surface area contributed by atoms with E-state index < -0.39 is 0 Å². The molecule has 0 radical (unpaired) electrons. The Morgan fingerprint density at radius 1 is 1.19 bits per heavy atom. The number of Topliss-reactive ketones (excluding diaryl/α,β-unsaturated/α-hetero) is 1. The first kappa shape index (κ1) is 22.1. The molecule has 2 aliphatic rings. The molecule has 31 heavy (non-hydrogen) atoms. The van der Waals surface area contributed by atoms with Crippen LogP contribution in [0.25, 0.3) is 0 Å². The van der Waals surface area contributed by atoms with Gasteiger partial charge in [0.2, 0.25) is 5.91 Å². The number of anilines is 1. The van der Waals surface area contributed by atoms with Gasteiger partial charge in [0, 0.05) is 36.6 Å². The molecule has 0 bridgehead atoms. The van der Waals surface area contributed by atoms with Crippen LogP contribution in [0.4, 0.5) is 5.13 Å². The average Bonchev–Trinajstić information content (AvgIpc) is 3.42. The number of thiazole rings is 1. The first-order valence-electron chi connectivity index (χ1n) is 11.3. The molecule has 0 unspecified atom stereocenters. The molecule has 3 heterocycles. The van der Waals surface area contributed by atoms with E-state index in [2.05, 4.69) is 22.4 Å².